The van der Waals surface area contributed by atoms with Gasteiger partial charge in [0.15, 0.2) is 0 Å². The van der Waals surface area contributed by atoms with Crippen LogP contribution in [0, 0.1) is 0 Å². The maximum absolute atomic E-state index is 5.93. The molecule has 0 bridgehead atoms. The van der Waals surface area contributed by atoms with Gasteiger partial charge in [-0.25, -0.2) is 4.99 Å². The molecule has 1 heterocycles. The fourth-order valence-corrected chi connectivity index (χ4v) is 2.13. The minimum absolute atomic E-state index is 0.721. The molecule has 0 amide bonds. The van der Waals surface area contributed by atoms with E-state index in [1.807, 2.05) is 25.2 Å². The maximum atomic E-state index is 5.93. The summed E-state index contributed by atoms with van der Waals surface area (Å²) in [5.41, 5.74) is 0.932. The van der Waals surface area contributed by atoms with Crippen molar-refractivity contribution in [2.24, 2.45) is 4.99 Å². The normalized spacial score (nSPS) is 13.9. The van der Waals surface area contributed by atoms with Crippen LogP contribution < -0.4 is 4.72 Å². The molecule has 1 aromatic carbocycles. The molecule has 80 valence electrons. The summed E-state index contributed by atoms with van der Waals surface area (Å²) in [6.07, 6.45) is 0. The molecule has 0 saturated heterocycles. The molecule has 1 aliphatic heterocycles. The van der Waals surface area contributed by atoms with Crippen molar-refractivity contribution < 1.29 is 0 Å². The Balaban J connectivity index is 2.35. The van der Waals surface area contributed by atoms with E-state index >= 15 is 0 Å². The minimum atomic E-state index is 0.721. The quantitative estimate of drug-likeness (QED) is 0.767. The highest BCUT2D eigenvalue weighted by atomic mass is 35.5. The highest BCUT2D eigenvalue weighted by Crippen LogP contribution is 2.33. The fraction of sp³-hybridized carbons (Fsp3) is 0.300. The second-order valence-corrected chi connectivity index (χ2v) is 4.55. The van der Waals surface area contributed by atoms with E-state index in [9.17, 15) is 0 Å². The number of rotatable bonds is 1. The summed E-state index contributed by atoms with van der Waals surface area (Å²) in [6.45, 7) is 3.00. The second-order valence-electron chi connectivity index (χ2n) is 3.27. The van der Waals surface area contributed by atoms with E-state index in [2.05, 4.69) is 21.5 Å². The predicted molar refractivity (Wildman–Crippen MR) is 65.8 cm³/mol. The number of aliphatic imine (C=N–C) groups is 1. The number of hydrogen-bond acceptors (Lipinski definition) is 4. The Morgan fingerprint density at radius 1 is 1.53 bits per heavy atom. The molecule has 0 aromatic heterocycles. The van der Waals surface area contributed by atoms with Crippen LogP contribution in [-0.2, 0) is 0 Å². The predicted octanol–water partition coefficient (Wildman–Crippen LogP) is 2.89. The second kappa shape index (κ2) is 4.33. The van der Waals surface area contributed by atoms with Crippen LogP contribution in [0.4, 0.5) is 5.69 Å². The number of nitrogens with one attached hydrogen (secondary N) is 1. The van der Waals surface area contributed by atoms with Crippen molar-refractivity contribution in [2.75, 3.05) is 13.6 Å². The number of guanidine groups is 1. The highest BCUT2D eigenvalue weighted by molar-refractivity contribution is 7.98. The topological polar surface area (TPSA) is 27.6 Å². The smallest absolute Gasteiger partial charge is 0.209 e. The number of halogens is 1. The SMILES string of the molecule is CCN(C)C1=Nc2cc(Cl)ccc2SN1. The number of hydrogen-bond donors (Lipinski definition) is 1. The van der Waals surface area contributed by atoms with E-state index in [-0.39, 0.29) is 0 Å². The largest absolute Gasteiger partial charge is 0.345 e. The van der Waals surface area contributed by atoms with Gasteiger partial charge in [-0.3, -0.25) is 4.72 Å². The Bertz CT molecular complexity index is 406. The summed E-state index contributed by atoms with van der Waals surface area (Å²) < 4.78 is 3.19. The van der Waals surface area contributed by atoms with Gasteiger partial charge in [-0.15, -0.1) is 0 Å². The Morgan fingerprint density at radius 3 is 3.07 bits per heavy atom. The molecule has 2 rings (SSSR count). The van der Waals surface area contributed by atoms with Crippen LogP contribution in [0.5, 0.6) is 0 Å². The molecule has 1 aromatic rings. The van der Waals surface area contributed by atoms with Crippen LogP contribution >= 0.6 is 23.5 Å². The van der Waals surface area contributed by atoms with Gasteiger partial charge in [0.2, 0.25) is 5.96 Å². The lowest BCUT2D eigenvalue weighted by atomic mass is 10.3. The van der Waals surface area contributed by atoms with Crippen molar-refractivity contribution in [3.63, 3.8) is 0 Å². The highest BCUT2D eigenvalue weighted by Gasteiger charge is 2.14. The summed E-state index contributed by atoms with van der Waals surface area (Å²) in [7, 11) is 2.00. The lowest BCUT2D eigenvalue weighted by Gasteiger charge is -2.23. The van der Waals surface area contributed by atoms with Gasteiger partial charge in [-0.1, -0.05) is 11.6 Å². The molecule has 1 aliphatic rings. The van der Waals surface area contributed by atoms with Crippen molar-refractivity contribution in [1.29, 1.82) is 0 Å². The molecule has 0 spiro atoms. The standard InChI is InChI=1S/C10H12ClN3S/c1-3-14(2)10-12-8-6-7(11)4-5-9(8)15-13-10/h4-6H,3H2,1-2H3,(H,12,13). The van der Waals surface area contributed by atoms with Gasteiger partial charge in [-0.2, -0.15) is 0 Å². The molecule has 0 unspecified atom stereocenters. The zero-order chi connectivity index (χ0) is 10.8. The van der Waals surface area contributed by atoms with Crippen molar-refractivity contribution >= 4 is 35.2 Å². The molecule has 0 radical (unpaired) electrons. The third-order valence-electron chi connectivity index (χ3n) is 2.24. The fourth-order valence-electron chi connectivity index (χ4n) is 1.21. The first-order chi connectivity index (χ1) is 7.20. The summed E-state index contributed by atoms with van der Waals surface area (Å²) in [5.74, 6) is 0.872. The van der Waals surface area contributed by atoms with Gasteiger partial charge < -0.3 is 4.90 Å². The summed E-state index contributed by atoms with van der Waals surface area (Å²) >= 11 is 7.49. The summed E-state index contributed by atoms with van der Waals surface area (Å²) in [6, 6.07) is 5.73. The average molecular weight is 242 g/mol. The average Bonchev–Trinajstić information content (AvgIpc) is 2.27. The first kappa shape index (κ1) is 10.6. The Hall–Kier alpha value is -0.870. The van der Waals surface area contributed by atoms with Crippen LogP contribution in [-0.4, -0.2) is 24.5 Å². The zero-order valence-corrected chi connectivity index (χ0v) is 10.2. The van der Waals surface area contributed by atoms with Gasteiger partial charge in [0.1, 0.15) is 0 Å². The third-order valence-corrected chi connectivity index (χ3v) is 3.32. The summed E-state index contributed by atoms with van der Waals surface area (Å²) in [5, 5.41) is 0.721. The molecular formula is C10H12ClN3S. The Morgan fingerprint density at radius 2 is 2.33 bits per heavy atom. The molecule has 1 N–H and O–H groups in total. The van der Waals surface area contributed by atoms with E-state index in [0.717, 1.165) is 28.1 Å². The van der Waals surface area contributed by atoms with Gasteiger partial charge in [0.25, 0.3) is 0 Å². The molecule has 0 saturated carbocycles. The van der Waals surface area contributed by atoms with E-state index in [4.69, 9.17) is 11.6 Å². The third kappa shape index (κ3) is 2.21. The molecule has 15 heavy (non-hydrogen) atoms. The molecule has 0 atom stereocenters. The van der Waals surface area contributed by atoms with E-state index < -0.39 is 0 Å². The lowest BCUT2D eigenvalue weighted by Crippen LogP contribution is -2.36. The van der Waals surface area contributed by atoms with Crippen molar-refractivity contribution in [3.05, 3.63) is 23.2 Å². The van der Waals surface area contributed by atoms with Crippen molar-refractivity contribution in [1.82, 2.24) is 9.62 Å². The van der Waals surface area contributed by atoms with Gasteiger partial charge in [-0.05, 0) is 37.1 Å². The Kier molecular flexibility index (Phi) is 3.07. The van der Waals surface area contributed by atoms with Crippen LogP contribution in [0.2, 0.25) is 5.02 Å². The van der Waals surface area contributed by atoms with Crippen LogP contribution in [0.25, 0.3) is 0 Å². The van der Waals surface area contributed by atoms with Gasteiger partial charge >= 0.3 is 0 Å². The lowest BCUT2D eigenvalue weighted by molar-refractivity contribution is 0.524. The van der Waals surface area contributed by atoms with Crippen molar-refractivity contribution in [3.8, 4) is 0 Å². The molecular weight excluding hydrogens is 230 g/mol. The van der Waals surface area contributed by atoms with E-state index in [0.29, 0.717) is 0 Å². The number of fused-ring (bicyclic) bond motifs is 1. The number of nitrogens with zero attached hydrogens (tertiary/aromatic N) is 2. The molecule has 3 nitrogen and oxygen atoms in total. The summed E-state index contributed by atoms with van der Waals surface area (Å²) in [4.78, 5) is 7.66. The van der Waals surface area contributed by atoms with Crippen molar-refractivity contribution in [2.45, 2.75) is 11.8 Å². The first-order valence-electron chi connectivity index (χ1n) is 4.73. The van der Waals surface area contributed by atoms with Gasteiger partial charge in [0.05, 0.1) is 10.6 Å². The van der Waals surface area contributed by atoms with Gasteiger partial charge in [0, 0.05) is 18.6 Å². The van der Waals surface area contributed by atoms with E-state index in [1.54, 1.807) is 11.9 Å². The minimum Gasteiger partial charge on any atom is -0.345 e. The van der Waals surface area contributed by atoms with Crippen LogP contribution in [0.3, 0.4) is 0 Å². The molecule has 0 fully saturated rings. The number of benzene rings is 1. The maximum Gasteiger partial charge on any atom is 0.209 e. The Labute approximate surface area is 98.7 Å². The first-order valence-corrected chi connectivity index (χ1v) is 5.92. The van der Waals surface area contributed by atoms with Crippen LogP contribution in [0.1, 0.15) is 6.92 Å². The monoisotopic (exact) mass is 241 g/mol. The molecule has 5 heteroatoms. The molecule has 0 aliphatic carbocycles. The van der Waals surface area contributed by atoms with E-state index in [1.165, 1.54) is 0 Å². The van der Waals surface area contributed by atoms with Crippen LogP contribution in [0.15, 0.2) is 28.1 Å². The zero-order valence-electron chi connectivity index (χ0n) is 8.62.